The Balaban J connectivity index is 2.21. The molecule has 0 bridgehead atoms. The summed E-state index contributed by atoms with van der Waals surface area (Å²) in [5, 5.41) is 12.9. The van der Waals surface area contributed by atoms with E-state index in [0.717, 1.165) is 28.5 Å². The van der Waals surface area contributed by atoms with E-state index in [-0.39, 0.29) is 5.91 Å². The van der Waals surface area contributed by atoms with Crippen LogP contribution < -0.4 is 5.32 Å². The standard InChI is InChI=1S/C16H19NO3S/c1-3-4-8-12(16(19)20)17-15(18)14-10(2)11-7-5-6-9-13(11)21-14/h5-7,9,12H,3-4,8H2,1-2H3,(H,17,18)(H,19,20). The molecule has 0 saturated carbocycles. The molecule has 0 aliphatic heterocycles. The molecule has 0 saturated heterocycles. The summed E-state index contributed by atoms with van der Waals surface area (Å²) >= 11 is 1.40. The molecule has 1 aromatic heterocycles. The van der Waals surface area contributed by atoms with Crippen molar-refractivity contribution in [2.24, 2.45) is 0 Å². The van der Waals surface area contributed by atoms with E-state index in [2.05, 4.69) is 5.32 Å². The second-order valence-electron chi connectivity index (χ2n) is 5.06. The number of aryl methyl sites for hydroxylation is 1. The molecule has 0 aliphatic carbocycles. The molecule has 2 N–H and O–H groups in total. The molecule has 0 aliphatic rings. The SMILES string of the molecule is CCCCC(NC(=O)c1sc2ccccc2c1C)C(=O)O. The molecule has 21 heavy (non-hydrogen) atoms. The molecular weight excluding hydrogens is 286 g/mol. The Hall–Kier alpha value is -1.88. The number of amides is 1. The molecule has 1 heterocycles. The molecule has 1 atom stereocenters. The van der Waals surface area contributed by atoms with Crippen LogP contribution in [0, 0.1) is 6.92 Å². The van der Waals surface area contributed by atoms with E-state index in [1.54, 1.807) is 0 Å². The van der Waals surface area contributed by atoms with Crippen molar-refractivity contribution in [2.75, 3.05) is 0 Å². The number of carbonyl (C=O) groups is 2. The smallest absolute Gasteiger partial charge is 0.326 e. The van der Waals surface area contributed by atoms with E-state index in [1.807, 2.05) is 38.1 Å². The number of benzene rings is 1. The van der Waals surface area contributed by atoms with Crippen molar-refractivity contribution in [3.05, 3.63) is 34.7 Å². The molecule has 5 heteroatoms. The lowest BCUT2D eigenvalue weighted by molar-refractivity contribution is -0.139. The third-order valence-electron chi connectivity index (χ3n) is 3.50. The van der Waals surface area contributed by atoms with E-state index < -0.39 is 12.0 Å². The highest BCUT2D eigenvalue weighted by molar-refractivity contribution is 7.21. The van der Waals surface area contributed by atoms with Crippen molar-refractivity contribution in [3.63, 3.8) is 0 Å². The van der Waals surface area contributed by atoms with Crippen LogP contribution >= 0.6 is 11.3 Å². The highest BCUT2D eigenvalue weighted by Gasteiger charge is 2.22. The third kappa shape index (κ3) is 3.42. The van der Waals surface area contributed by atoms with Crippen LogP contribution in [0.4, 0.5) is 0 Å². The zero-order valence-electron chi connectivity index (χ0n) is 12.2. The average molecular weight is 305 g/mol. The summed E-state index contributed by atoms with van der Waals surface area (Å²) in [4.78, 5) is 24.2. The van der Waals surface area contributed by atoms with Crippen molar-refractivity contribution in [1.29, 1.82) is 0 Å². The maximum absolute atomic E-state index is 12.3. The maximum atomic E-state index is 12.3. The number of carboxylic acids is 1. The Morgan fingerprint density at radius 2 is 2.05 bits per heavy atom. The minimum atomic E-state index is -0.976. The van der Waals surface area contributed by atoms with E-state index in [1.165, 1.54) is 11.3 Å². The molecule has 0 spiro atoms. The number of carbonyl (C=O) groups excluding carboxylic acids is 1. The molecule has 0 fully saturated rings. The van der Waals surface area contributed by atoms with Gasteiger partial charge in [0.05, 0.1) is 4.88 Å². The summed E-state index contributed by atoms with van der Waals surface area (Å²) in [6.45, 7) is 3.90. The summed E-state index contributed by atoms with van der Waals surface area (Å²) < 4.78 is 1.04. The summed E-state index contributed by atoms with van der Waals surface area (Å²) in [6, 6.07) is 6.99. The first kappa shape index (κ1) is 15.5. The highest BCUT2D eigenvalue weighted by atomic mass is 32.1. The van der Waals surface area contributed by atoms with Gasteiger partial charge in [-0.1, -0.05) is 38.0 Å². The van der Waals surface area contributed by atoms with Gasteiger partial charge in [-0.25, -0.2) is 4.79 Å². The molecule has 1 amide bonds. The van der Waals surface area contributed by atoms with Crippen molar-refractivity contribution < 1.29 is 14.7 Å². The number of thiophene rings is 1. The van der Waals surface area contributed by atoms with Crippen molar-refractivity contribution in [3.8, 4) is 0 Å². The van der Waals surface area contributed by atoms with Crippen molar-refractivity contribution in [1.82, 2.24) is 5.32 Å². The number of aliphatic carboxylic acids is 1. The zero-order chi connectivity index (χ0) is 15.4. The number of hydrogen-bond acceptors (Lipinski definition) is 3. The van der Waals surface area contributed by atoms with Crippen LogP contribution in [0.1, 0.15) is 41.4 Å². The molecule has 2 rings (SSSR count). The Labute approximate surface area is 127 Å². The van der Waals surface area contributed by atoms with Gasteiger partial charge in [0.1, 0.15) is 6.04 Å². The van der Waals surface area contributed by atoms with Crippen molar-refractivity contribution in [2.45, 2.75) is 39.2 Å². The monoisotopic (exact) mass is 305 g/mol. The van der Waals surface area contributed by atoms with Gasteiger partial charge in [0.15, 0.2) is 0 Å². The fraction of sp³-hybridized carbons (Fsp3) is 0.375. The number of rotatable bonds is 6. The van der Waals surface area contributed by atoms with E-state index in [4.69, 9.17) is 0 Å². The van der Waals surface area contributed by atoms with Crippen LogP contribution in [0.2, 0.25) is 0 Å². The summed E-state index contributed by atoms with van der Waals surface area (Å²) in [5.41, 5.74) is 0.910. The second-order valence-corrected chi connectivity index (χ2v) is 6.11. The fourth-order valence-corrected chi connectivity index (χ4v) is 3.39. The summed E-state index contributed by atoms with van der Waals surface area (Å²) in [6.07, 6.45) is 2.14. The quantitative estimate of drug-likeness (QED) is 0.857. The number of hydrogen-bond donors (Lipinski definition) is 2. The van der Waals surface area contributed by atoms with Crippen LogP contribution in [0.15, 0.2) is 24.3 Å². The normalized spacial score (nSPS) is 12.3. The van der Waals surface area contributed by atoms with Gasteiger partial charge in [-0.05, 0) is 30.4 Å². The van der Waals surface area contributed by atoms with E-state index in [0.29, 0.717) is 11.3 Å². The van der Waals surface area contributed by atoms with Crippen LogP contribution in [-0.2, 0) is 4.79 Å². The summed E-state index contributed by atoms with van der Waals surface area (Å²) in [5.74, 6) is -1.27. The van der Waals surface area contributed by atoms with Crippen LogP contribution in [0.3, 0.4) is 0 Å². The van der Waals surface area contributed by atoms with Crippen LogP contribution in [0.25, 0.3) is 10.1 Å². The molecule has 1 aromatic carbocycles. The van der Waals surface area contributed by atoms with Gasteiger partial charge in [-0.15, -0.1) is 11.3 Å². The largest absolute Gasteiger partial charge is 0.480 e. The molecule has 4 nitrogen and oxygen atoms in total. The molecule has 1 unspecified atom stereocenters. The Bertz CT molecular complexity index is 663. The highest BCUT2D eigenvalue weighted by Crippen LogP contribution is 2.30. The van der Waals surface area contributed by atoms with Gasteiger partial charge >= 0.3 is 5.97 Å². The average Bonchev–Trinajstić information content (AvgIpc) is 2.81. The number of nitrogens with one attached hydrogen (secondary N) is 1. The first-order valence-corrected chi connectivity index (χ1v) is 7.88. The lowest BCUT2D eigenvalue weighted by Crippen LogP contribution is -2.40. The molecule has 2 aromatic rings. The van der Waals surface area contributed by atoms with Gasteiger partial charge in [-0.3, -0.25) is 4.79 Å². The minimum absolute atomic E-state index is 0.294. The van der Waals surface area contributed by atoms with Gasteiger partial charge < -0.3 is 10.4 Å². The second kappa shape index (κ2) is 6.72. The van der Waals surface area contributed by atoms with E-state index in [9.17, 15) is 14.7 Å². The third-order valence-corrected chi connectivity index (χ3v) is 4.77. The Morgan fingerprint density at radius 1 is 1.33 bits per heavy atom. The molecule has 112 valence electrons. The Kier molecular flexibility index (Phi) is 4.96. The van der Waals surface area contributed by atoms with Crippen molar-refractivity contribution >= 4 is 33.3 Å². The Morgan fingerprint density at radius 3 is 2.67 bits per heavy atom. The molecule has 0 radical (unpaired) electrons. The van der Waals surface area contributed by atoms with Crippen LogP contribution in [0.5, 0.6) is 0 Å². The minimum Gasteiger partial charge on any atom is -0.480 e. The van der Waals surface area contributed by atoms with Crippen LogP contribution in [-0.4, -0.2) is 23.0 Å². The van der Waals surface area contributed by atoms with Gasteiger partial charge in [0.25, 0.3) is 5.91 Å². The molecular formula is C16H19NO3S. The predicted molar refractivity (Wildman–Crippen MR) is 85.0 cm³/mol. The van der Waals surface area contributed by atoms with E-state index >= 15 is 0 Å². The van der Waals surface area contributed by atoms with Gasteiger partial charge in [-0.2, -0.15) is 0 Å². The summed E-state index contributed by atoms with van der Waals surface area (Å²) in [7, 11) is 0. The first-order chi connectivity index (χ1) is 10.0. The lowest BCUT2D eigenvalue weighted by Gasteiger charge is -2.13. The maximum Gasteiger partial charge on any atom is 0.326 e. The zero-order valence-corrected chi connectivity index (χ0v) is 13.0. The van der Waals surface area contributed by atoms with Gasteiger partial charge in [0.2, 0.25) is 0 Å². The predicted octanol–water partition coefficient (Wildman–Crippen LogP) is 3.58. The number of unbranched alkanes of at least 4 members (excludes halogenated alkanes) is 1. The number of fused-ring (bicyclic) bond motifs is 1. The number of carboxylic acid groups (broad SMARTS) is 1. The lowest BCUT2D eigenvalue weighted by atomic mass is 10.1. The first-order valence-electron chi connectivity index (χ1n) is 7.06. The topological polar surface area (TPSA) is 66.4 Å². The fourth-order valence-electron chi connectivity index (χ4n) is 2.28. The van der Waals surface area contributed by atoms with Gasteiger partial charge in [0, 0.05) is 4.70 Å².